The van der Waals surface area contributed by atoms with Crippen LogP contribution in [-0.2, 0) is 10.3 Å². The number of non-ortho nitro benzene ring substituents is 1. The summed E-state index contributed by atoms with van der Waals surface area (Å²) in [5.74, 6) is -0.354. The van der Waals surface area contributed by atoms with Crippen LogP contribution >= 0.6 is 0 Å². The minimum absolute atomic E-state index is 0.0615. The Kier molecular flexibility index (Phi) is 4.14. The van der Waals surface area contributed by atoms with Gasteiger partial charge < -0.3 is 10.2 Å². The maximum atomic E-state index is 12.6. The van der Waals surface area contributed by atoms with E-state index >= 15 is 0 Å². The first kappa shape index (κ1) is 15.9. The molecular weight excluding hydrogens is 288 g/mol. The van der Waals surface area contributed by atoms with E-state index in [0.29, 0.717) is 18.7 Å². The van der Waals surface area contributed by atoms with Gasteiger partial charge in [-0.1, -0.05) is 0 Å². The fourth-order valence-electron chi connectivity index (χ4n) is 2.31. The number of urea groups is 1. The summed E-state index contributed by atoms with van der Waals surface area (Å²) < 4.78 is 0. The van der Waals surface area contributed by atoms with Gasteiger partial charge >= 0.3 is 6.03 Å². The average Bonchev–Trinajstić information content (AvgIpc) is 2.68. The zero-order chi connectivity index (χ0) is 16.5. The van der Waals surface area contributed by atoms with Gasteiger partial charge in [0.25, 0.3) is 11.6 Å². The summed E-state index contributed by atoms with van der Waals surface area (Å²) in [6.07, 6.45) is 0. The molecule has 3 amide bonds. The lowest BCUT2D eigenvalue weighted by molar-refractivity contribution is -0.384. The number of hydrogen-bond donors (Lipinski definition) is 1. The van der Waals surface area contributed by atoms with Gasteiger partial charge in [0.1, 0.15) is 5.54 Å². The zero-order valence-corrected chi connectivity index (χ0v) is 12.7. The van der Waals surface area contributed by atoms with Crippen LogP contribution in [0.2, 0.25) is 0 Å². The molecule has 0 spiro atoms. The quantitative estimate of drug-likeness (QED) is 0.496. The van der Waals surface area contributed by atoms with Crippen LogP contribution in [0.15, 0.2) is 24.3 Å². The van der Waals surface area contributed by atoms with Crippen molar-refractivity contribution in [1.82, 2.24) is 15.1 Å². The van der Waals surface area contributed by atoms with Crippen molar-refractivity contribution in [2.24, 2.45) is 0 Å². The molecule has 1 N–H and O–H groups in total. The highest BCUT2D eigenvalue weighted by atomic mass is 16.6. The fourth-order valence-corrected chi connectivity index (χ4v) is 2.31. The fraction of sp³-hybridized carbons (Fsp3) is 0.429. The molecule has 1 aromatic rings. The van der Waals surface area contributed by atoms with Gasteiger partial charge in [-0.3, -0.25) is 19.8 Å². The number of nitrogens with zero attached hydrogens (tertiary/aromatic N) is 3. The number of nitro benzene ring substituents is 1. The number of likely N-dealkylation sites (N-methyl/N-ethyl adjacent to an activating group) is 1. The van der Waals surface area contributed by atoms with E-state index in [9.17, 15) is 19.7 Å². The molecule has 1 aliphatic rings. The number of carbonyl (C=O) groups is 2. The summed E-state index contributed by atoms with van der Waals surface area (Å²) in [5, 5.41) is 13.4. The predicted molar refractivity (Wildman–Crippen MR) is 79.2 cm³/mol. The molecule has 1 heterocycles. The van der Waals surface area contributed by atoms with Crippen molar-refractivity contribution in [1.29, 1.82) is 0 Å². The smallest absolute Gasteiger partial charge is 0.319 e. The van der Waals surface area contributed by atoms with Crippen LogP contribution in [0.4, 0.5) is 10.5 Å². The molecule has 1 saturated heterocycles. The van der Waals surface area contributed by atoms with E-state index in [2.05, 4.69) is 5.32 Å². The molecule has 1 fully saturated rings. The number of rotatable bonds is 5. The number of amides is 3. The van der Waals surface area contributed by atoms with Crippen molar-refractivity contribution in [3.63, 3.8) is 0 Å². The molecule has 8 nitrogen and oxygen atoms in total. The van der Waals surface area contributed by atoms with Gasteiger partial charge in [-0.15, -0.1) is 0 Å². The van der Waals surface area contributed by atoms with Gasteiger partial charge in [-0.2, -0.15) is 0 Å². The van der Waals surface area contributed by atoms with Gasteiger partial charge in [-0.05, 0) is 38.7 Å². The lowest BCUT2D eigenvalue weighted by Gasteiger charge is -2.22. The molecule has 0 aromatic heterocycles. The lowest BCUT2D eigenvalue weighted by Crippen LogP contribution is -2.41. The van der Waals surface area contributed by atoms with Crippen LogP contribution in [0.1, 0.15) is 12.5 Å². The second-order valence-corrected chi connectivity index (χ2v) is 5.62. The molecule has 1 aliphatic heterocycles. The first-order valence-electron chi connectivity index (χ1n) is 6.79. The van der Waals surface area contributed by atoms with E-state index in [0.717, 1.165) is 0 Å². The third-order valence-corrected chi connectivity index (χ3v) is 3.70. The molecule has 2 rings (SSSR count). The Morgan fingerprint density at radius 1 is 1.27 bits per heavy atom. The highest BCUT2D eigenvalue weighted by Crippen LogP contribution is 2.29. The van der Waals surface area contributed by atoms with Gasteiger partial charge in [0.15, 0.2) is 0 Å². The van der Waals surface area contributed by atoms with Crippen molar-refractivity contribution >= 4 is 17.6 Å². The summed E-state index contributed by atoms with van der Waals surface area (Å²) >= 11 is 0. The third kappa shape index (κ3) is 2.77. The highest BCUT2D eigenvalue weighted by Gasteiger charge is 2.48. The van der Waals surface area contributed by atoms with E-state index in [1.54, 1.807) is 6.92 Å². The first-order valence-corrected chi connectivity index (χ1v) is 6.79. The number of imide groups is 1. The summed E-state index contributed by atoms with van der Waals surface area (Å²) in [6, 6.07) is 5.18. The number of benzene rings is 1. The normalized spacial score (nSPS) is 21.4. The van der Waals surface area contributed by atoms with Crippen LogP contribution in [0, 0.1) is 10.1 Å². The maximum absolute atomic E-state index is 12.6. The van der Waals surface area contributed by atoms with E-state index < -0.39 is 16.5 Å². The Bertz CT molecular complexity index is 614. The topological polar surface area (TPSA) is 95.8 Å². The number of carbonyl (C=O) groups excluding carboxylic acids is 2. The molecule has 1 atom stereocenters. The van der Waals surface area contributed by atoms with E-state index in [1.165, 1.54) is 29.2 Å². The first-order chi connectivity index (χ1) is 10.3. The van der Waals surface area contributed by atoms with Gasteiger partial charge in [0.05, 0.1) is 4.92 Å². The van der Waals surface area contributed by atoms with Crippen molar-refractivity contribution < 1.29 is 14.5 Å². The Hall–Kier alpha value is -2.48. The summed E-state index contributed by atoms with van der Waals surface area (Å²) in [5.41, 5.74) is -0.740. The van der Waals surface area contributed by atoms with E-state index in [1.807, 2.05) is 19.0 Å². The Labute approximate surface area is 127 Å². The van der Waals surface area contributed by atoms with E-state index in [-0.39, 0.29) is 11.6 Å². The standard InChI is InChI=1S/C14H18N4O4/c1-14(10-4-6-11(7-5-10)18(21)22)12(19)17(13(20)15-14)9-8-16(2)3/h4-7H,8-9H2,1-3H3,(H,15,20)/t14-/m1/s1. The molecule has 0 aliphatic carbocycles. The van der Waals surface area contributed by atoms with Gasteiger partial charge in [0.2, 0.25) is 0 Å². The van der Waals surface area contributed by atoms with Crippen molar-refractivity contribution in [2.45, 2.75) is 12.5 Å². The van der Waals surface area contributed by atoms with Gasteiger partial charge in [-0.25, -0.2) is 4.79 Å². The number of hydrogen-bond acceptors (Lipinski definition) is 5. The molecule has 0 unspecified atom stereocenters. The summed E-state index contributed by atoms with van der Waals surface area (Å²) in [6.45, 7) is 2.46. The van der Waals surface area contributed by atoms with Crippen molar-refractivity contribution in [3.8, 4) is 0 Å². The van der Waals surface area contributed by atoms with Crippen LogP contribution in [0.5, 0.6) is 0 Å². The Morgan fingerprint density at radius 2 is 1.86 bits per heavy atom. The average molecular weight is 306 g/mol. The molecule has 0 radical (unpaired) electrons. The maximum Gasteiger partial charge on any atom is 0.325 e. The third-order valence-electron chi connectivity index (χ3n) is 3.70. The largest absolute Gasteiger partial charge is 0.325 e. The second-order valence-electron chi connectivity index (χ2n) is 5.62. The van der Waals surface area contributed by atoms with Gasteiger partial charge in [0, 0.05) is 25.2 Å². The minimum atomic E-state index is -1.20. The van der Waals surface area contributed by atoms with Crippen molar-refractivity contribution in [3.05, 3.63) is 39.9 Å². The van der Waals surface area contributed by atoms with Crippen LogP contribution in [-0.4, -0.2) is 53.8 Å². The van der Waals surface area contributed by atoms with Crippen molar-refractivity contribution in [2.75, 3.05) is 27.2 Å². The second kappa shape index (κ2) is 5.72. The van der Waals surface area contributed by atoms with E-state index in [4.69, 9.17) is 0 Å². The lowest BCUT2D eigenvalue weighted by atomic mass is 9.92. The molecule has 22 heavy (non-hydrogen) atoms. The van der Waals surface area contributed by atoms with Crippen LogP contribution < -0.4 is 5.32 Å². The monoisotopic (exact) mass is 306 g/mol. The summed E-state index contributed by atoms with van der Waals surface area (Å²) in [7, 11) is 3.71. The number of nitrogens with one attached hydrogen (secondary N) is 1. The summed E-state index contributed by atoms with van der Waals surface area (Å²) in [4.78, 5) is 37.8. The predicted octanol–water partition coefficient (Wildman–Crippen LogP) is 0.923. The van der Waals surface area contributed by atoms with Crippen LogP contribution in [0.3, 0.4) is 0 Å². The molecule has 8 heteroatoms. The number of nitro groups is 1. The molecular formula is C14H18N4O4. The molecule has 0 bridgehead atoms. The van der Waals surface area contributed by atoms with Crippen LogP contribution in [0.25, 0.3) is 0 Å². The SMILES string of the molecule is CN(C)CCN1C(=O)N[C@](C)(c2ccc([N+](=O)[O-])cc2)C1=O. The molecule has 0 saturated carbocycles. The zero-order valence-electron chi connectivity index (χ0n) is 12.7. The minimum Gasteiger partial charge on any atom is -0.319 e. The molecule has 1 aromatic carbocycles. The highest BCUT2D eigenvalue weighted by molar-refractivity contribution is 6.07. The molecule has 118 valence electrons. The Balaban J connectivity index is 2.24. The Morgan fingerprint density at radius 3 is 2.36 bits per heavy atom.